The number of aryl methyl sites for hydroxylation is 2. The molecular formula is C21H20Cl2N4O5. The number of pyridine rings is 1. The van der Waals surface area contributed by atoms with Gasteiger partial charge in [0, 0.05) is 17.8 Å². The number of amides is 1. The second kappa shape index (κ2) is 9.88. The Hall–Kier alpha value is -3.30. The minimum Gasteiger partial charge on any atom is -0.495 e. The number of hydrogen-bond acceptors (Lipinski definition) is 7. The van der Waals surface area contributed by atoms with E-state index in [1.165, 1.54) is 32.4 Å². The summed E-state index contributed by atoms with van der Waals surface area (Å²) in [6.07, 6.45) is 0. The van der Waals surface area contributed by atoms with Crippen LogP contribution < -0.4 is 14.8 Å². The van der Waals surface area contributed by atoms with Gasteiger partial charge in [0.05, 0.1) is 35.6 Å². The summed E-state index contributed by atoms with van der Waals surface area (Å²) in [6, 6.07) is 8.01. The fourth-order valence-corrected chi connectivity index (χ4v) is 3.31. The number of carbonyl (C=O) groups excluding carboxylic acids is 2. The predicted molar refractivity (Wildman–Crippen MR) is 119 cm³/mol. The predicted octanol–water partition coefficient (Wildman–Crippen LogP) is 4.00. The van der Waals surface area contributed by atoms with Crippen LogP contribution in [0.1, 0.15) is 21.9 Å². The molecule has 1 amide bonds. The lowest BCUT2D eigenvalue weighted by Gasteiger charge is -2.13. The molecule has 1 aromatic carbocycles. The summed E-state index contributed by atoms with van der Waals surface area (Å²) < 4.78 is 17.0. The smallest absolute Gasteiger partial charge is 0.359 e. The molecule has 3 rings (SSSR count). The number of methoxy groups -OCH3 is 2. The molecule has 168 valence electrons. The zero-order chi connectivity index (χ0) is 23.4. The normalized spacial score (nSPS) is 10.6. The second-order valence-electron chi connectivity index (χ2n) is 6.65. The Morgan fingerprint density at radius 1 is 1.03 bits per heavy atom. The van der Waals surface area contributed by atoms with Gasteiger partial charge >= 0.3 is 5.97 Å². The third-order valence-corrected chi connectivity index (χ3v) is 4.93. The Bertz CT molecular complexity index is 1180. The molecule has 2 aromatic heterocycles. The zero-order valence-electron chi connectivity index (χ0n) is 17.7. The van der Waals surface area contributed by atoms with Gasteiger partial charge in [-0.15, -0.1) is 0 Å². The number of ether oxygens (including phenoxy) is 3. The Balaban J connectivity index is 1.72. The highest BCUT2D eigenvalue weighted by molar-refractivity contribution is 6.33. The van der Waals surface area contributed by atoms with Gasteiger partial charge < -0.3 is 19.5 Å². The lowest BCUT2D eigenvalue weighted by Crippen LogP contribution is -2.22. The number of hydrogen-bond donors (Lipinski definition) is 1. The van der Waals surface area contributed by atoms with Crippen LogP contribution in [0.4, 0.5) is 5.69 Å². The van der Waals surface area contributed by atoms with E-state index in [0.29, 0.717) is 28.0 Å². The van der Waals surface area contributed by atoms with Gasteiger partial charge in [0.15, 0.2) is 18.1 Å². The number of rotatable bonds is 7. The summed E-state index contributed by atoms with van der Waals surface area (Å²) >= 11 is 12.2. The molecule has 0 unspecified atom stereocenters. The van der Waals surface area contributed by atoms with Crippen molar-refractivity contribution in [3.05, 3.63) is 57.5 Å². The Morgan fingerprint density at radius 2 is 1.75 bits per heavy atom. The first kappa shape index (κ1) is 23.4. The molecule has 2 heterocycles. The van der Waals surface area contributed by atoms with Crippen molar-refractivity contribution in [3.63, 3.8) is 0 Å². The molecule has 0 saturated heterocycles. The Kier molecular flexibility index (Phi) is 7.22. The van der Waals surface area contributed by atoms with Crippen molar-refractivity contribution in [2.75, 3.05) is 26.1 Å². The molecule has 9 nitrogen and oxygen atoms in total. The summed E-state index contributed by atoms with van der Waals surface area (Å²) in [6.45, 7) is 3.13. The lowest BCUT2D eigenvalue weighted by atomic mass is 10.2. The van der Waals surface area contributed by atoms with Gasteiger partial charge in [-0.3, -0.25) is 4.79 Å². The molecule has 0 spiro atoms. The van der Waals surface area contributed by atoms with Gasteiger partial charge in [-0.1, -0.05) is 23.2 Å². The van der Waals surface area contributed by atoms with Crippen LogP contribution in [0.5, 0.6) is 11.5 Å². The maximum Gasteiger partial charge on any atom is 0.359 e. The van der Waals surface area contributed by atoms with Crippen LogP contribution >= 0.6 is 23.2 Å². The number of nitrogens with zero attached hydrogens (tertiary/aromatic N) is 3. The van der Waals surface area contributed by atoms with E-state index in [9.17, 15) is 9.59 Å². The molecular weight excluding hydrogens is 459 g/mol. The van der Waals surface area contributed by atoms with E-state index in [-0.39, 0.29) is 10.7 Å². The maximum absolute atomic E-state index is 12.5. The number of esters is 1. The topological polar surface area (TPSA) is 105 Å². The quantitative estimate of drug-likeness (QED) is 0.511. The van der Waals surface area contributed by atoms with E-state index >= 15 is 0 Å². The number of carbonyl (C=O) groups is 2. The molecule has 0 aliphatic heterocycles. The highest BCUT2D eigenvalue weighted by atomic mass is 35.5. The van der Waals surface area contributed by atoms with E-state index in [1.807, 2.05) is 19.9 Å². The number of nitrogens with one attached hydrogen (secondary N) is 1. The fraction of sp³-hybridized carbons (Fsp3) is 0.238. The van der Waals surface area contributed by atoms with Crippen molar-refractivity contribution >= 4 is 40.8 Å². The fourth-order valence-electron chi connectivity index (χ4n) is 2.90. The van der Waals surface area contributed by atoms with E-state index in [1.54, 1.807) is 10.7 Å². The van der Waals surface area contributed by atoms with Gasteiger partial charge in [-0.25, -0.2) is 14.5 Å². The summed E-state index contributed by atoms with van der Waals surface area (Å²) in [5, 5.41) is 7.32. The van der Waals surface area contributed by atoms with E-state index in [2.05, 4.69) is 15.4 Å². The highest BCUT2D eigenvalue weighted by Gasteiger charge is 2.19. The second-order valence-corrected chi connectivity index (χ2v) is 7.46. The van der Waals surface area contributed by atoms with Crippen LogP contribution in [0, 0.1) is 13.8 Å². The van der Waals surface area contributed by atoms with Crippen LogP contribution in [0.15, 0.2) is 30.3 Å². The first-order valence-corrected chi connectivity index (χ1v) is 10.1. The lowest BCUT2D eigenvalue weighted by molar-refractivity contribution is -0.119. The monoisotopic (exact) mass is 478 g/mol. The van der Waals surface area contributed by atoms with E-state index in [4.69, 9.17) is 37.4 Å². The van der Waals surface area contributed by atoms with Gasteiger partial charge in [-0.2, -0.15) is 5.10 Å². The zero-order valence-corrected chi connectivity index (χ0v) is 19.2. The number of benzene rings is 1. The Labute approximate surface area is 194 Å². The summed E-state index contributed by atoms with van der Waals surface area (Å²) in [7, 11) is 2.87. The molecule has 3 aromatic rings. The average molecular weight is 479 g/mol. The Morgan fingerprint density at radius 3 is 2.38 bits per heavy atom. The molecule has 32 heavy (non-hydrogen) atoms. The van der Waals surface area contributed by atoms with Crippen LogP contribution in [-0.4, -0.2) is 47.5 Å². The number of aromatic nitrogens is 3. The maximum atomic E-state index is 12.5. The van der Waals surface area contributed by atoms with Crippen LogP contribution in [0.25, 0.3) is 5.82 Å². The molecule has 11 heteroatoms. The molecule has 0 radical (unpaired) electrons. The molecule has 0 fully saturated rings. The minimum atomic E-state index is -0.853. The van der Waals surface area contributed by atoms with Crippen molar-refractivity contribution in [3.8, 4) is 17.3 Å². The van der Waals surface area contributed by atoms with Crippen LogP contribution in [-0.2, 0) is 9.53 Å². The van der Waals surface area contributed by atoms with Crippen molar-refractivity contribution in [1.82, 2.24) is 14.8 Å². The highest BCUT2D eigenvalue weighted by Crippen LogP contribution is 2.35. The minimum absolute atomic E-state index is 0.0878. The largest absolute Gasteiger partial charge is 0.495 e. The summed E-state index contributed by atoms with van der Waals surface area (Å²) in [5.74, 6) is -0.398. The molecule has 0 bridgehead atoms. The van der Waals surface area contributed by atoms with Gasteiger partial charge in [0.2, 0.25) is 0 Å². The third kappa shape index (κ3) is 5.12. The SMILES string of the molecule is COc1cc(NC(=O)COC(=O)c2nc(-n3nc(C)cc3C)ccc2Cl)c(OC)cc1Cl. The van der Waals surface area contributed by atoms with E-state index in [0.717, 1.165) is 11.4 Å². The standard InChI is InChI=1S/C21H20Cl2N4O5/c1-11-7-12(2)27(26-11)18-6-5-13(22)20(25-18)21(29)32-10-19(28)24-15-9-16(30-3)14(23)8-17(15)31-4/h5-9H,10H2,1-4H3,(H,24,28). The summed E-state index contributed by atoms with van der Waals surface area (Å²) in [5.41, 5.74) is 1.81. The molecule has 0 atom stereocenters. The van der Waals surface area contributed by atoms with Crippen molar-refractivity contribution in [2.24, 2.45) is 0 Å². The summed E-state index contributed by atoms with van der Waals surface area (Å²) in [4.78, 5) is 29.1. The number of halogens is 2. The first-order valence-electron chi connectivity index (χ1n) is 9.32. The molecule has 0 aliphatic carbocycles. The van der Waals surface area contributed by atoms with Gasteiger partial charge in [0.1, 0.15) is 11.5 Å². The van der Waals surface area contributed by atoms with Crippen LogP contribution in [0.3, 0.4) is 0 Å². The number of anilines is 1. The van der Waals surface area contributed by atoms with Crippen molar-refractivity contribution < 1.29 is 23.8 Å². The van der Waals surface area contributed by atoms with E-state index < -0.39 is 18.5 Å². The van der Waals surface area contributed by atoms with Gasteiger partial charge in [0.25, 0.3) is 5.91 Å². The average Bonchev–Trinajstić information content (AvgIpc) is 3.11. The molecule has 1 N–H and O–H groups in total. The molecule has 0 saturated carbocycles. The van der Waals surface area contributed by atoms with Crippen molar-refractivity contribution in [2.45, 2.75) is 13.8 Å². The van der Waals surface area contributed by atoms with Crippen molar-refractivity contribution in [1.29, 1.82) is 0 Å². The first-order chi connectivity index (χ1) is 15.2. The van der Waals surface area contributed by atoms with Crippen LogP contribution in [0.2, 0.25) is 10.0 Å². The van der Waals surface area contributed by atoms with Gasteiger partial charge in [-0.05, 0) is 32.0 Å². The third-order valence-electron chi connectivity index (χ3n) is 4.33. The molecule has 0 aliphatic rings.